The zero-order valence-electron chi connectivity index (χ0n) is 11.4. The zero-order valence-corrected chi connectivity index (χ0v) is 12.2. The van der Waals surface area contributed by atoms with E-state index in [1.165, 1.54) is 10.4 Å². The van der Waals surface area contributed by atoms with E-state index in [0.717, 1.165) is 25.2 Å². The van der Waals surface area contributed by atoms with E-state index in [9.17, 15) is 9.59 Å². The molecule has 2 aliphatic rings. The molecule has 0 aliphatic carbocycles. The molecule has 5 heteroatoms. The standard InChI is InChI=1S/C16H14N2O2S/c19-15-12-3-1-2-4-13(12)18(16(15)20)10-17-7-5-14-11(9-17)6-8-21-14/h1-4,6,8H,5,7,9-10H2. The van der Waals surface area contributed by atoms with Crippen molar-refractivity contribution in [2.45, 2.75) is 13.0 Å². The van der Waals surface area contributed by atoms with Crippen LogP contribution in [0.1, 0.15) is 20.8 Å². The SMILES string of the molecule is O=C1C(=O)N(CN2CCc3sccc3C2)c2ccccc21. The van der Waals surface area contributed by atoms with Crippen molar-refractivity contribution in [3.05, 3.63) is 51.7 Å². The number of anilines is 1. The molecule has 0 bridgehead atoms. The van der Waals surface area contributed by atoms with Gasteiger partial charge < -0.3 is 0 Å². The van der Waals surface area contributed by atoms with E-state index in [1.807, 2.05) is 12.1 Å². The highest BCUT2D eigenvalue weighted by Gasteiger charge is 2.36. The Balaban J connectivity index is 1.58. The van der Waals surface area contributed by atoms with Crippen molar-refractivity contribution in [2.75, 3.05) is 18.1 Å². The Hall–Kier alpha value is -1.98. The minimum absolute atomic E-state index is 0.390. The van der Waals surface area contributed by atoms with Gasteiger partial charge >= 0.3 is 5.91 Å². The molecule has 0 atom stereocenters. The highest BCUT2D eigenvalue weighted by Crippen LogP contribution is 2.30. The number of rotatable bonds is 2. The highest BCUT2D eigenvalue weighted by molar-refractivity contribution is 7.10. The van der Waals surface area contributed by atoms with Crippen LogP contribution < -0.4 is 4.90 Å². The normalized spacial score (nSPS) is 18.0. The predicted molar refractivity (Wildman–Crippen MR) is 81.6 cm³/mol. The van der Waals surface area contributed by atoms with Gasteiger partial charge in [-0.1, -0.05) is 12.1 Å². The number of para-hydroxylation sites is 1. The van der Waals surface area contributed by atoms with Crippen molar-refractivity contribution in [2.24, 2.45) is 0 Å². The van der Waals surface area contributed by atoms with Crippen molar-refractivity contribution in [1.29, 1.82) is 0 Å². The van der Waals surface area contributed by atoms with Crippen molar-refractivity contribution in [3.63, 3.8) is 0 Å². The third-order valence-corrected chi connectivity index (χ3v) is 5.13. The molecule has 0 unspecified atom stereocenters. The molecular weight excluding hydrogens is 284 g/mol. The first kappa shape index (κ1) is 12.7. The van der Waals surface area contributed by atoms with Gasteiger partial charge in [0.25, 0.3) is 5.78 Å². The van der Waals surface area contributed by atoms with Crippen LogP contribution in [0.15, 0.2) is 35.7 Å². The Morgan fingerprint density at radius 1 is 1.14 bits per heavy atom. The lowest BCUT2D eigenvalue weighted by atomic mass is 10.1. The van der Waals surface area contributed by atoms with Gasteiger partial charge in [0, 0.05) is 18.0 Å². The molecule has 1 aromatic carbocycles. The number of ketones is 1. The minimum Gasteiger partial charge on any atom is -0.291 e. The maximum absolute atomic E-state index is 12.2. The molecule has 4 nitrogen and oxygen atoms in total. The molecule has 1 amide bonds. The molecule has 21 heavy (non-hydrogen) atoms. The van der Waals surface area contributed by atoms with Gasteiger partial charge in [-0.2, -0.15) is 0 Å². The molecule has 0 spiro atoms. The third kappa shape index (κ3) is 2.01. The summed E-state index contributed by atoms with van der Waals surface area (Å²) >= 11 is 1.80. The minimum atomic E-state index is -0.410. The van der Waals surface area contributed by atoms with Crippen LogP contribution in [-0.4, -0.2) is 29.8 Å². The van der Waals surface area contributed by atoms with Crippen LogP contribution in [0.5, 0.6) is 0 Å². The molecule has 0 saturated heterocycles. The second-order valence-corrected chi connectivity index (χ2v) is 6.39. The molecule has 0 N–H and O–H groups in total. The van der Waals surface area contributed by atoms with E-state index >= 15 is 0 Å². The van der Waals surface area contributed by atoms with E-state index in [2.05, 4.69) is 16.3 Å². The fourth-order valence-electron chi connectivity index (χ4n) is 3.02. The van der Waals surface area contributed by atoms with Crippen LogP contribution in [-0.2, 0) is 17.8 Å². The van der Waals surface area contributed by atoms with Crippen LogP contribution >= 0.6 is 11.3 Å². The number of hydrogen-bond acceptors (Lipinski definition) is 4. The topological polar surface area (TPSA) is 40.6 Å². The zero-order chi connectivity index (χ0) is 14.4. The average molecular weight is 298 g/mol. The summed E-state index contributed by atoms with van der Waals surface area (Å²) in [5, 5.41) is 2.12. The monoisotopic (exact) mass is 298 g/mol. The van der Waals surface area contributed by atoms with E-state index in [1.54, 1.807) is 28.4 Å². The summed E-state index contributed by atoms with van der Waals surface area (Å²) in [5.41, 5.74) is 2.61. The molecular formula is C16H14N2O2S. The van der Waals surface area contributed by atoms with Gasteiger partial charge in [-0.15, -0.1) is 11.3 Å². The second-order valence-electron chi connectivity index (χ2n) is 5.39. The fourth-order valence-corrected chi connectivity index (χ4v) is 3.91. The Kier molecular flexibility index (Phi) is 2.90. The highest BCUT2D eigenvalue weighted by atomic mass is 32.1. The molecule has 0 radical (unpaired) electrons. The van der Waals surface area contributed by atoms with E-state index in [4.69, 9.17) is 0 Å². The van der Waals surface area contributed by atoms with Gasteiger partial charge in [0.05, 0.1) is 17.9 Å². The molecule has 2 aliphatic heterocycles. The molecule has 3 heterocycles. The lowest BCUT2D eigenvalue weighted by Crippen LogP contribution is -2.42. The number of Topliss-reactive ketones (excluding diaryl/α,β-unsaturated/α-hetero) is 1. The molecule has 0 saturated carbocycles. The first-order valence-corrected chi connectivity index (χ1v) is 7.85. The van der Waals surface area contributed by atoms with Crippen LogP contribution in [0.3, 0.4) is 0 Å². The Labute approximate surface area is 126 Å². The fraction of sp³-hybridized carbons (Fsp3) is 0.250. The Morgan fingerprint density at radius 2 is 2.00 bits per heavy atom. The van der Waals surface area contributed by atoms with Gasteiger partial charge in [0.15, 0.2) is 0 Å². The summed E-state index contributed by atoms with van der Waals surface area (Å²) in [6.07, 6.45) is 1.02. The summed E-state index contributed by atoms with van der Waals surface area (Å²) in [6, 6.07) is 9.38. The summed E-state index contributed by atoms with van der Waals surface area (Å²) in [7, 11) is 0. The molecule has 4 rings (SSSR count). The maximum atomic E-state index is 12.2. The van der Waals surface area contributed by atoms with Crippen LogP contribution in [0.4, 0.5) is 5.69 Å². The number of hydrogen-bond donors (Lipinski definition) is 0. The number of carbonyl (C=O) groups is 2. The van der Waals surface area contributed by atoms with Crippen molar-refractivity contribution in [1.82, 2.24) is 4.90 Å². The number of fused-ring (bicyclic) bond motifs is 2. The Bertz CT molecular complexity index is 737. The second kappa shape index (κ2) is 4.79. The molecule has 0 fully saturated rings. The average Bonchev–Trinajstić information content (AvgIpc) is 3.06. The maximum Gasteiger partial charge on any atom is 0.300 e. The smallest absolute Gasteiger partial charge is 0.291 e. The molecule has 106 valence electrons. The van der Waals surface area contributed by atoms with Crippen LogP contribution in [0.2, 0.25) is 0 Å². The lowest BCUT2D eigenvalue weighted by Gasteiger charge is -2.30. The first-order valence-electron chi connectivity index (χ1n) is 6.97. The summed E-state index contributed by atoms with van der Waals surface area (Å²) < 4.78 is 0. The molecule has 2 aromatic rings. The quantitative estimate of drug-likeness (QED) is 0.799. The van der Waals surface area contributed by atoms with Gasteiger partial charge in [-0.05, 0) is 35.6 Å². The number of thiophene rings is 1. The molecule has 1 aromatic heterocycles. The van der Waals surface area contributed by atoms with Gasteiger partial charge in [0.2, 0.25) is 0 Å². The predicted octanol–water partition coefficient (Wildman–Crippen LogP) is 2.29. The third-order valence-electron chi connectivity index (χ3n) is 4.11. The van der Waals surface area contributed by atoms with E-state index in [-0.39, 0.29) is 5.78 Å². The summed E-state index contributed by atoms with van der Waals surface area (Å²) in [4.78, 5) is 29.5. The van der Waals surface area contributed by atoms with E-state index in [0.29, 0.717) is 12.2 Å². The number of nitrogens with zero attached hydrogens (tertiary/aromatic N) is 2. The van der Waals surface area contributed by atoms with Crippen LogP contribution in [0.25, 0.3) is 0 Å². The van der Waals surface area contributed by atoms with Gasteiger partial charge in [-0.3, -0.25) is 19.4 Å². The largest absolute Gasteiger partial charge is 0.300 e. The summed E-state index contributed by atoms with van der Waals surface area (Å²) in [6.45, 7) is 2.25. The van der Waals surface area contributed by atoms with E-state index < -0.39 is 5.91 Å². The first-order chi connectivity index (χ1) is 10.2. The van der Waals surface area contributed by atoms with Crippen molar-refractivity contribution >= 4 is 28.7 Å². The number of benzene rings is 1. The Morgan fingerprint density at radius 3 is 2.90 bits per heavy atom. The number of carbonyl (C=O) groups excluding carboxylic acids is 2. The van der Waals surface area contributed by atoms with Crippen molar-refractivity contribution < 1.29 is 9.59 Å². The van der Waals surface area contributed by atoms with Gasteiger partial charge in [0.1, 0.15) is 0 Å². The lowest BCUT2D eigenvalue weighted by molar-refractivity contribution is -0.114. The summed E-state index contributed by atoms with van der Waals surface area (Å²) in [5.74, 6) is -0.800. The van der Waals surface area contributed by atoms with Gasteiger partial charge in [-0.25, -0.2) is 0 Å². The van der Waals surface area contributed by atoms with Crippen LogP contribution in [0, 0.1) is 0 Å². The van der Waals surface area contributed by atoms with Crippen molar-refractivity contribution in [3.8, 4) is 0 Å². The number of amides is 1.